The minimum absolute atomic E-state index is 0.282. The van der Waals surface area contributed by atoms with Crippen LogP contribution in [0.5, 0.6) is 11.5 Å². The Morgan fingerprint density at radius 3 is 2.21 bits per heavy atom. The zero-order chi connectivity index (χ0) is 13.8. The van der Waals surface area contributed by atoms with Gasteiger partial charge in [-0.2, -0.15) is 0 Å². The summed E-state index contributed by atoms with van der Waals surface area (Å²) in [6, 6.07) is 8.94. The number of rotatable bonds is 5. The van der Waals surface area contributed by atoms with Crippen molar-refractivity contribution in [2.45, 2.75) is 6.04 Å². The predicted molar refractivity (Wildman–Crippen MR) is 75.1 cm³/mol. The van der Waals surface area contributed by atoms with Gasteiger partial charge in [0.05, 0.1) is 14.2 Å². The number of benzene rings is 1. The molecule has 2 rings (SSSR count). The van der Waals surface area contributed by atoms with Gasteiger partial charge in [-0.1, -0.05) is 0 Å². The minimum Gasteiger partial charge on any atom is -0.497 e. The Morgan fingerprint density at radius 2 is 1.79 bits per heavy atom. The molecule has 6 heteroatoms. The van der Waals surface area contributed by atoms with Crippen LogP contribution >= 0.6 is 15.9 Å². The maximum Gasteiger partial charge on any atom is 0.169 e. The van der Waals surface area contributed by atoms with Gasteiger partial charge >= 0.3 is 0 Å². The lowest BCUT2D eigenvalue weighted by Gasteiger charge is -2.16. The number of hydrazine groups is 1. The van der Waals surface area contributed by atoms with E-state index in [0.717, 1.165) is 5.56 Å². The molecule has 1 atom stereocenters. The fourth-order valence-corrected chi connectivity index (χ4v) is 2.14. The van der Waals surface area contributed by atoms with Gasteiger partial charge in [-0.15, -0.1) is 0 Å². The standard InChI is InChI=1S/C13H15BrN2O3/c1-17-9-5-8(6-10(7-9)18-2)13(16-15)11-3-4-12(14)19-11/h3-7,13,16H,15H2,1-2H3. The summed E-state index contributed by atoms with van der Waals surface area (Å²) in [5.74, 6) is 7.71. The smallest absolute Gasteiger partial charge is 0.169 e. The number of methoxy groups -OCH3 is 2. The van der Waals surface area contributed by atoms with Crippen molar-refractivity contribution >= 4 is 15.9 Å². The normalized spacial score (nSPS) is 12.2. The van der Waals surface area contributed by atoms with Crippen molar-refractivity contribution in [2.75, 3.05) is 14.2 Å². The van der Waals surface area contributed by atoms with Gasteiger partial charge in [0.25, 0.3) is 0 Å². The van der Waals surface area contributed by atoms with Crippen LogP contribution in [0.4, 0.5) is 0 Å². The molecule has 5 nitrogen and oxygen atoms in total. The van der Waals surface area contributed by atoms with Gasteiger partial charge in [0.2, 0.25) is 0 Å². The van der Waals surface area contributed by atoms with Crippen LogP contribution < -0.4 is 20.7 Å². The molecule has 0 saturated carbocycles. The molecule has 0 spiro atoms. The Kier molecular flexibility index (Phi) is 4.47. The van der Waals surface area contributed by atoms with E-state index in [1.54, 1.807) is 20.3 Å². The fraction of sp³-hybridized carbons (Fsp3) is 0.231. The van der Waals surface area contributed by atoms with E-state index in [-0.39, 0.29) is 6.04 Å². The topological polar surface area (TPSA) is 69.7 Å². The Labute approximate surface area is 119 Å². The third-order valence-electron chi connectivity index (χ3n) is 2.75. The van der Waals surface area contributed by atoms with Gasteiger partial charge in [-0.25, -0.2) is 5.43 Å². The zero-order valence-electron chi connectivity index (χ0n) is 10.6. The summed E-state index contributed by atoms with van der Waals surface area (Å²) in [6.45, 7) is 0. The predicted octanol–water partition coefficient (Wildman–Crippen LogP) is 2.61. The summed E-state index contributed by atoms with van der Waals surface area (Å²) in [5, 5.41) is 0. The molecule has 0 fully saturated rings. The van der Waals surface area contributed by atoms with Gasteiger partial charge in [0, 0.05) is 6.07 Å². The number of hydrogen-bond donors (Lipinski definition) is 2. The van der Waals surface area contributed by atoms with Gasteiger partial charge < -0.3 is 13.9 Å². The van der Waals surface area contributed by atoms with Crippen molar-refractivity contribution < 1.29 is 13.9 Å². The van der Waals surface area contributed by atoms with Crippen molar-refractivity contribution in [3.8, 4) is 11.5 Å². The van der Waals surface area contributed by atoms with Crippen LogP contribution in [0, 0.1) is 0 Å². The zero-order valence-corrected chi connectivity index (χ0v) is 12.2. The van der Waals surface area contributed by atoms with Crippen LogP contribution in [-0.2, 0) is 0 Å². The van der Waals surface area contributed by atoms with Crippen molar-refractivity contribution in [3.05, 3.63) is 46.3 Å². The average Bonchev–Trinajstić information content (AvgIpc) is 2.85. The molecule has 2 aromatic rings. The Morgan fingerprint density at radius 1 is 1.16 bits per heavy atom. The van der Waals surface area contributed by atoms with E-state index < -0.39 is 0 Å². The monoisotopic (exact) mass is 326 g/mol. The number of halogens is 1. The molecule has 0 bridgehead atoms. The highest BCUT2D eigenvalue weighted by Gasteiger charge is 2.18. The molecule has 0 aliphatic carbocycles. The van der Waals surface area contributed by atoms with Gasteiger partial charge in [0.15, 0.2) is 4.67 Å². The maximum atomic E-state index is 5.62. The second-order valence-corrected chi connectivity index (χ2v) is 4.67. The van der Waals surface area contributed by atoms with E-state index in [0.29, 0.717) is 21.9 Å². The summed E-state index contributed by atoms with van der Waals surface area (Å²) in [7, 11) is 3.21. The number of nitrogens with two attached hydrogens (primary N) is 1. The van der Waals surface area contributed by atoms with Crippen LogP contribution in [0.15, 0.2) is 39.4 Å². The lowest BCUT2D eigenvalue weighted by molar-refractivity contribution is 0.390. The van der Waals surface area contributed by atoms with Gasteiger partial charge in [0.1, 0.15) is 23.3 Å². The van der Waals surface area contributed by atoms with E-state index in [4.69, 9.17) is 19.7 Å². The molecule has 0 radical (unpaired) electrons. The van der Waals surface area contributed by atoms with E-state index in [9.17, 15) is 0 Å². The van der Waals surface area contributed by atoms with Crippen molar-refractivity contribution in [2.24, 2.45) is 5.84 Å². The molecule has 0 amide bonds. The summed E-state index contributed by atoms with van der Waals surface area (Å²) in [6.07, 6.45) is 0. The number of hydrogen-bond acceptors (Lipinski definition) is 5. The molecule has 3 N–H and O–H groups in total. The molecule has 1 aromatic heterocycles. The Balaban J connectivity index is 2.42. The number of ether oxygens (including phenoxy) is 2. The third kappa shape index (κ3) is 3.09. The number of furan rings is 1. The first kappa shape index (κ1) is 13.9. The second-order valence-electron chi connectivity index (χ2n) is 3.89. The SMILES string of the molecule is COc1cc(OC)cc(C(NN)c2ccc(Br)o2)c1. The maximum absolute atomic E-state index is 5.62. The van der Waals surface area contributed by atoms with Crippen molar-refractivity contribution in [3.63, 3.8) is 0 Å². The van der Waals surface area contributed by atoms with E-state index in [1.807, 2.05) is 24.3 Å². The molecular weight excluding hydrogens is 312 g/mol. The van der Waals surface area contributed by atoms with Crippen LogP contribution in [0.3, 0.4) is 0 Å². The highest BCUT2D eigenvalue weighted by atomic mass is 79.9. The summed E-state index contributed by atoms with van der Waals surface area (Å²) < 4.78 is 16.7. The Hall–Kier alpha value is -1.50. The first-order valence-electron chi connectivity index (χ1n) is 5.62. The van der Waals surface area contributed by atoms with Crippen LogP contribution in [0.2, 0.25) is 0 Å². The number of nitrogens with one attached hydrogen (secondary N) is 1. The molecule has 1 unspecified atom stereocenters. The third-order valence-corrected chi connectivity index (χ3v) is 3.18. The molecular formula is C13H15BrN2O3. The summed E-state index contributed by atoms with van der Waals surface area (Å²) >= 11 is 3.27. The summed E-state index contributed by atoms with van der Waals surface area (Å²) in [4.78, 5) is 0. The van der Waals surface area contributed by atoms with Crippen LogP contribution in [0.1, 0.15) is 17.4 Å². The largest absolute Gasteiger partial charge is 0.497 e. The van der Waals surface area contributed by atoms with Crippen molar-refractivity contribution in [1.29, 1.82) is 0 Å². The average molecular weight is 327 g/mol. The lowest BCUT2D eigenvalue weighted by atomic mass is 10.0. The van der Waals surface area contributed by atoms with E-state index in [2.05, 4.69) is 21.4 Å². The highest BCUT2D eigenvalue weighted by molar-refractivity contribution is 9.10. The Bertz CT molecular complexity index is 534. The molecule has 0 saturated heterocycles. The molecule has 19 heavy (non-hydrogen) atoms. The molecule has 0 aliphatic rings. The first-order valence-corrected chi connectivity index (χ1v) is 6.41. The molecule has 102 valence electrons. The van der Waals surface area contributed by atoms with Gasteiger partial charge in [-0.3, -0.25) is 5.84 Å². The lowest BCUT2D eigenvalue weighted by Crippen LogP contribution is -2.28. The first-order chi connectivity index (χ1) is 9.17. The molecule has 0 aliphatic heterocycles. The molecule has 1 aromatic carbocycles. The minimum atomic E-state index is -0.282. The van der Waals surface area contributed by atoms with Crippen molar-refractivity contribution in [1.82, 2.24) is 5.43 Å². The van der Waals surface area contributed by atoms with Crippen LogP contribution in [-0.4, -0.2) is 14.2 Å². The van der Waals surface area contributed by atoms with Gasteiger partial charge in [-0.05, 0) is 45.8 Å². The summed E-state index contributed by atoms with van der Waals surface area (Å²) in [5.41, 5.74) is 3.61. The quantitative estimate of drug-likeness (QED) is 0.653. The van der Waals surface area contributed by atoms with Crippen LogP contribution in [0.25, 0.3) is 0 Å². The fourth-order valence-electron chi connectivity index (χ4n) is 1.82. The second kappa shape index (κ2) is 6.10. The molecule has 1 heterocycles. The highest BCUT2D eigenvalue weighted by Crippen LogP contribution is 2.31. The van der Waals surface area contributed by atoms with E-state index in [1.165, 1.54) is 0 Å². The van der Waals surface area contributed by atoms with E-state index >= 15 is 0 Å².